The van der Waals surface area contributed by atoms with Crippen molar-refractivity contribution in [2.75, 3.05) is 13.2 Å². The number of aryl methyl sites for hydroxylation is 1. The number of aromatic nitrogens is 1. The Bertz CT molecular complexity index is 1300. The largest absolute Gasteiger partial charge is 0.486 e. The van der Waals surface area contributed by atoms with Crippen molar-refractivity contribution >= 4 is 28.4 Å². The van der Waals surface area contributed by atoms with E-state index in [1.54, 1.807) is 0 Å². The molecule has 1 aliphatic heterocycles. The van der Waals surface area contributed by atoms with Crippen LogP contribution in [0.25, 0.3) is 10.9 Å². The summed E-state index contributed by atoms with van der Waals surface area (Å²) in [6.07, 6.45) is 2.18. The lowest BCUT2D eigenvalue weighted by Gasteiger charge is -2.26. The molecule has 0 aliphatic carbocycles. The standard InChI is InChI=1S/C27H25ClN2O3/c1-30-16-23(21-9-2-3-10-24(21)30)22(18-7-6-8-19(28)13-18)14-27(31)29-15-20-17-32-25-11-4-5-12-26(25)33-20/h2-13,16,20,22H,14-15,17H2,1H3,(H,29,31)/t20-,22+/m0/s1. The Kier molecular flexibility index (Phi) is 5.97. The van der Waals surface area contributed by atoms with Gasteiger partial charge in [0.15, 0.2) is 11.5 Å². The number of fused-ring (bicyclic) bond motifs is 2. The molecule has 5 rings (SSSR count). The van der Waals surface area contributed by atoms with Crippen LogP contribution in [-0.4, -0.2) is 29.7 Å². The van der Waals surface area contributed by atoms with Gasteiger partial charge in [-0.1, -0.05) is 54.1 Å². The molecule has 0 saturated heterocycles. The van der Waals surface area contributed by atoms with Crippen LogP contribution in [0.4, 0.5) is 0 Å². The van der Waals surface area contributed by atoms with Gasteiger partial charge in [0.25, 0.3) is 0 Å². The molecule has 1 aliphatic rings. The van der Waals surface area contributed by atoms with E-state index in [-0.39, 0.29) is 17.9 Å². The van der Waals surface area contributed by atoms with Gasteiger partial charge in [0.2, 0.25) is 5.91 Å². The summed E-state index contributed by atoms with van der Waals surface area (Å²) in [5, 5.41) is 4.83. The van der Waals surface area contributed by atoms with Crippen molar-refractivity contribution < 1.29 is 14.3 Å². The minimum Gasteiger partial charge on any atom is -0.486 e. The summed E-state index contributed by atoms with van der Waals surface area (Å²) >= 11 is 6.30. The molecule has 168 valence electrons. The molecule has 6 heteroatoms. The minimum absolute atomic E-state index is 0.0460. The highest BCUT2D eigenvalue weighted by Crippen LogP contribution is 2.35. The number of hydrogen-bond acceptors (Lipinski definition) is 3. The van der Waals surface area contributed by atoms with Crippen molar-refractivity contribution in [1.82, 2.24) is 9.88 Å². The van der Waals surface area contributed by atoms with Crippen molar-refractivity contribution in [3.8, 4) is 11.5 Å². The van der Waals surface area contributed by atoms with Gasteiger partial charge < -0.3 is 19.4 Å². The quantitative estimate of drug-likeness (QED) is 0.424. The van der Waals surface area contributed by atoms with Crippen LogP contribution in [0.2, 0.25) is 5.02 Å². The maximum Gasteiger partial charge on any atom is 0.221 e. The molecule has 1 amide bonds. The summed E-state index contributed by atoms with van der Waals surface area (Å²) < 4.78 is 13.8. The molecule has 0 radical (unpaired) electrons. The third-order valence-corrected chi connectivity index (χ3v) is 6.27. The van der Waals surface area contributed by atoms with Gasteiger partial charge in [-0.2, -0.15) is 0 Å². The first kappa shape index (κ1) is 21.4. The van der Waals surface area contributed by atoms with Crippen molar-refractivity contribution in [2.45, 2.75) is 18.4 Å². The Morgan fingerprint density at radius 3 is 2.73 bits per heavy atom. The number of hydrogen-bond donors (Lipinski definition) is 1. The normalized spacial score (nSPS) is 15.9. The van der Waals surface area contributed by atoms with E-state index in [4.69, 9.17) is 21.1 Å². The molecule has 5 nitrogen and oxygen atoms in total. The summed E-state index contributed by atoms with van der Waals surface area (Å²) in [5.74, 6) is 1.27. The van der Waals surface area contributed by atoms with Crippen molar-refractivity contribution in [1.29, 1.82) is 0 Å². The predicted molar refractivity (Wildman–Crippen MR) is 130 cm³/mol. The van der Waals surface area contributed by atoms with Crippen LogP contribution in [0.15, 0.2) is 79.0 Å². The predicted octanol–water partition coefficient (Wildman–Crippen LogP) is 5.31. The van der Waals surface area contributed by atoms with Crippen molar-refractivity contribution in [3.05, 3.63) is 95.1 Å². The summed E-state index contributed by atoms with van der Waals surface area (Å²) in [6.45, 7) is 0.781. The van der Waals surface area contributed by atoms with Crippen LogP contribution < -0.4 is 14.8 Å². The zero-order valence-electron chi connectivity index (χ0n) is 18.3. The first-order chi connectivity index (χ1) is 16.1. The topological polar surface area (TPSA) is 52.5 Å². The van der Waals surface area contributed by atoms with Gasteiger partial charge >= 0.3 is 0 Å². The number of para-hydroxylation sites is 3. The Morgan fingerprint density at radius 2 is 1.88 bits per heavy atom. The molecule has 4 aromatic rings. The molecule has 2 heterocycles. The number of nitrogens with one attached hydrogen (secondary N) is 1. The minimum atomic E-state index is -0.231. The third-order valence-electron chi connectivity index (χ3n) is 6.04. The molecule has 0 spiro atoms. The van der Waals surface area contributed by atoms with Gasteiger partial charge in [-0.25, -0.2) is 0 Å². The zero-order valence-corrected chi connectivity index (χ0v) is 19.1. The second-order valence-electron chi connectivity index (χ2n) is 8.33. The molecule has 3 aromatic carbocycles. The van der Waals surface area contributed by atoms with E-state index in [0.29, 0.717) is 30.3 Å². The van der Waals surface area contributed by atoms with Gasteiger partial charge in [-0.05, 0) is 41.5 Å². The molecule has 33 heavy (non-hydrogen) atoms. The Labute approximate surface area is 197 Å². The molecule has 0 fully saturated rings. The number of carbonyl (C=O) groups excluding carboxylic acids is 1. The lowest BCUT2D eigenvalue weighted by Crippen LogP contribution is -2.41. The average molecular weight is 461 g/mol. The first-order valence-electron chi connectivity index (χ1n) is 11.0. The highest BCUT2D eigenvalue weighted by atomic mass is 35.5. The molecule has 0 unspecified atom stereocenters. The third kappa shape index (κ3) is 4.55. The number of carbonyl (C=O) groups is 1. The Hall–Kier alpha value is -3.44. The van der Waals surface area contributed by atoms with Crippen LogP contribution >= 0.6 is 11.6 Å². The maximum absolute atomic E-state index is 13.1. The van der Waals surface area contributed by atoms with E-state index in [2.05, 4.69) is 28.2 Å². The summed E-state index contributed by atoms with van der Waals surface area (Å²) in [5.41, 5.74) is 3.25. The highest BCUT2D eigenvalue weighted by Gasteiger charge is 2.25. The highest BCUT2D eigenvalue weighted by molar-refractivity contribution is 6.30. The van der Waals surface area contributed by atoms with E-state index < -0.39 is 0 Å². The summed E-state index contributed by atoms with van der Waals surface area (Å²) in [6, 6.07) is 23.6. The summed E-state index contributed by atoms with van der Waals surface area (Å²) in [7, 11) is 2.03. The summed E-state index contributed by atoms with van der Waals surface area (Å²) in [4.78, 5) is 13.1. The number of rotatable bonds is 6. The van der Waals surface area contributed by atoms with Crippen LogP contribution in [-0.2, 0) is 11.8 Å². The number of halogens is 1. The molecule has 2 atom stereocenters. The van der Waals surface area contributed by atoms with E-state index in [0.717, 1.165) is 27.8 Å². The van der Waals surface area contributed by atoms with E-state index in [9.17, 15) is 4.79 Å². The van der Waals surface area contributed by atoms with Crippen molar-refractivity contribution in [3.63, 3.8) is 0 Å². The number of ether oxygens (including phenoxy) is 2. The van der Waals surface area contributed by atoms with Crippen molar-refractivity contribution in [2.24, 2.45) is 7.05 Å². The van der Waals surface area contributed by atoms with Crippen LogP contribution in [0.1, 0.15) is 23.5 Å². The maximum atomic E-state index is 13.1. The monoisotopic (exact) mass is 460 g/mol. The van der Waals surface area contributed by atoms with Gasteiger partial charge in [0.1, 0.15) is 12.7 Å². The fourth-order valence-corrected chi connectivity index (χ4v) is 4.63. The van der Waals surface area contributed by atoms with Gasteiger partial charge in [0, 0.05) is 41.5 Å². The second-order valence-corrected chi connectivity index (χ2v) is 8.76. The molecular formula is C27H25ClN2O3. The lowest BCUT2D eigenvalue weighted by atomic mass is 9.88. The molecule has 0 saturated carbocycles. The number of benzene rings is 3. The lowest BCUT2D eigenvalue weighted by molar-refractivity contribution is -0.121. The molecular weight excluding hydrogens is 436 g/mol. The van der Waals surface area contributed by atoms with Crippen LogP contribution in [0.5, 0.6) is 11.5 Å². The fraction of sp³-hybridized carbons (Fsp3) is 0.222. The zero-order chi connectivity index (χ0) is 22.8. The molecule has 1 N–H and O–H groups in total. The average Bonchev–Trinajstić information content (AvgIpc) is 3.17. The number of amides is 1. The van der Waals surface area contributed by atoms with Crippen LogP contribution in [0.3, 0.4) is 0 Å². The van der Waals surface area contributed by atoms with E-state index in [1.807, 2.05) is 67.7 Å². The van der Waals surface area contributed by atoms with Gasteiger partial charge in [-0.3, -0.25) is 4.79 Å². The second kappa shape index (κ2) is 9.20. The SMILES string of the molecule is Cn1cc([C@H](CC(=O)NC[C@H]2COc3ccccc3O2)c2cccc(Cl)c2)c2ccccc21. The van der Waals surface area contributed by atoms with E-state index in [1.165, 1.54) is 0 Å². The fourth-order valence-electron chi connectivity index (χ4n) is 4.43. The van der Waals surface area contributed by atoms with Gasteiger partial charge in [0.05, 0.1) is 6.54 Å². The first-order valence-corrected chi connectivity index (χ1v) is 11.4. The molecule has 1 aromatic heterocycles. The smallest absolute Gasteiger partial charge is 0.221 e. The van der Waals surface area contributed by atoms with Crippen LogP contribution in [0, 0.1) is 0 Å². The Balaban J connectivity index is 1.35. The van der Waals surface area contributed by atoms with E-state index >= 15 is 0 Å². The molecule has 0 bridgehead atoms. The number of nitrogens with zero attached hydrogens (tertiary/aromatic N) is 1. The van der Waals surface area contributed by atoms with Gasteiger partial charge in [-0.15, -0.1) is 0 Å². The Morgan fingerprint density at radius 1 is 1.09 bits per heavy atom.